The molecule has 0 spiro atoms. The van der Waals surface area contributed by atoms with Crippen LogP contribution in [0.25, 0.3) is 16.8 Å². The summed E-state index contributed by atoms with van der Waals surface area (Å²) in [6.07, 6.45) is 1.83. The van der Waals surface area contributed by atoms with Crippen molar-refractivity contribution < 1.29 is 19.4 Å². The average molecular weight is 543 g/mol. The topological polar surface area (TPSA) is 79.2 Å². The van der Waals surface area contributed by atoms with Crippen molar-refractivity contribution in [3.63, 3.8) is 0 Å². The second-order valence-electron chi connectivity index (χ2n) is 8.70. The Morgan fingerprint density at radius 2 is 1.82 bits per heavy atom. The Hall–Kier alpha value is -4.07. The maximum absolute atomic E-state index is 13.2. The first-order valence-corrected chi connectivity index (χ1v) is 13.0. The molecule has 1 heterocycles. The summed E-state index contributed by atoms with van der Waals surface area (Å²) < 4.78 is 6.21. The number of carboxylic acids is 1. The summed E-state index contributed by atoms with van der Waals surface area (Å²) in [6, 6.07) is 24.2. The van der Waals surface area contributed by atoms with Gasteiger partial charge in [-0.3, -0.25) is 9.69 Å². The summed E-state index contributed by atoms with van der Waals surface area (Å²) in [7, 11) is 1.66. The Bertz CT molecular complexity index is 1650. The van der Waals surface area contributed by atoms with Crippen molar-refractivity contribution in [2.45, 2.75) is 13.5 Å². The van der Waals surface area contributed by atoms with Crippen molar-refractivity contribution in [2.24, 2.45) is 4.99 Å². The molecule has 1 N–H and O–H groups in total. The predicted octanol–water partition coefficient (Wildman–Crippen LogP) is 7.31. The van der Waals surface area contributed by atoms with Crippen molar-refractivity contribution in [2.75, 3.05) is 7.05 Å². The number of nitrogens with zero attached hydrogens (tertiary/aromatic N) is 2. The van der Waals surface area contributed by atoms with E-state index in [1.165, 1.54) is 22.7 Å². The summed E-state index contributed by atoms with van der Waals surface area (Å²) in [5.41, 5.74) is 2.86. The van der Waals surface area contributed by atoms with Gasteiger partial charge in [0.05, 0.1) is 16.2 Å². The third-order valence-corrected chi connectivity index (χ3v) is 7.73. The molecule has 1 aliphatic heterocycles. The largest absolute Gasteiger partial charge is 0.488 e. The molecular formula is C30H23ClN2O4S. The number of carbonyl (C=O) groups excluding carboxylic acids is 1. The van der Waals surface area contributed by atoms with E-state index < -0.39 is 5.97 Å². The normalized spacial score (nSPS) is 15.6. The zero-order chi connectivity index (χ0) is 26.8. The van der Waals surface area contributed by atoms with Gasteiger partial charge < -0.3 is 9.84 Å². The quantitative estimate of drug-likeness (QED) is 0.258. The minimum absolute atomic E-state index is 0.177. The zero-order valence-corrected chi connectivity index (χ0v) is 22.2. The van der Waals surface area contributed by atoms with E-state index in [-0.39, 0.29) is 18.1 Å². The molecule has 0 aromatic heterocycles. The van der Waals surface area contributed by atoms with E-state index >= 15 is 0 Å². The van der Waals surface area contributed by atoms with Crippen LogP contribution in [0, 0.1) is 6.92 Å². The minimum atomic E-state index is -1.02. The molecule has 1 aliphatic rings. The molecule has 1 fully saturated rings. The van der Waals surface area contributed by atoms with E-state index in [2.05, 4.69) is 4.99 Å². The number of amides is 1. The molecule has 4 aromatic carbocycles. The van der Waals surface area contributed by atoms with Crippen LogP contribution in [0.15, 0.2) is 88.8 Å². The smallest absolute Gasteiger partial charge is 0.336 e. The maximum atomic E-state index is 13.2. The number of aliphatic imine (C=N–C) groups is 1. The van der Waals surface area contributed by atoms with Crippen LogP contribution in [0.4, 0.5) is 5.69 Å². The van der Waals surface area contributed by atoms with Crippen molar-refractivity contribution >= 4 is 62.9 Å². The van der Waals surface area contributed by atoms with Crippen molar-refractivity contribution in [3.05, 3.63) is 111 Å². The average Bonchev–Trinajstić information content (AvgIpc) is 3.17. The van der Waals surface area contributed by atoms with E-state index in [1.54, 1.807) is 26.1 Å². The lowest BCUT2D eigenvalue weighted by molar-refractivity contribution is -0.121. The summed E-state index contributed by atoms with van der Waals surface area (Å²) in [4.78, 5) is 31.4. The lowest BCUT2D eigenvalue weighted by Gasteiger charge is -2.13. The molecule has 1 saturated heterocycles. The highest BCUT2D eigenvalue weighted by molar-refractivity contribution is 8.18. The van der Waals surface area contributed by atoms with Crippen LogP contribution in [-0.4, -0.2) is 34.1 Å². The van der Waals surface area contributed by atoms with Crippen molar-refractivity contribution in [1.29, 1.82) is 0 Å². The van der Waals surface area contributed by atoms with Gasteiger partial charge >= 0.3 is 5.97 Å². The number of rotatable bonds is 6. The van der Waals surface area contributed by atoms with E-state index in [0.717, 1.165) is 21.9 Å². The molecule has 0 bridgehead atoms. The van der Waals surface area contributed by atoms with Crippen LogP contribution in [0.2, 0.25) is 5.02 Å². The molecule has 5 rings (SSSR count). The highest BCUT2D eigenvalue weighted by Gasteiger charge is 2.31. The summed E-state index contributed by atoms with van der Waals surface area (Å²) in [6.45, 7) is 1.99. The molecule has 0 aliphatic carbocycles. The van der Waals surface area contributed by atoms with Crippen LogP contribution in [0.1, 0.15) is 27.0 Å². The van der Waals surface area contributed by atoms with Crippen LogP contribution in [0.5, 0.6) is 5.75 Å². The first kappa shape index (κ1) is 25.6. The fraction of sp³-hybridized carbons (Fsp3) is 0.100. The summed E-state index contributed by atoms with van der Waals surface area (Å²) in [5.74, 6) is -0.595. The summed E-state index contributed by atoms with van der Waals surface area (Å²) in [5, 5.41) is 12.5. The molecular weight excluding hydrogens is 520 g/mol. The Kier molecular flexibility index (Phi) is 7.22. The lowest BCUT2D eigenvalue weighted by Crippen LogP contribution is -2.23. The molecule has 4 aromatic rings. The highest BCUT2D eigenvalue weighted by atomic mass is 35.5. The van der Waals surface area contributed by atoms with Gasteiger partial charge in [-0.05, 0) is 65.4 Å². The maximum Gasteiger partial charge on any atom is 0.336 e. The number of benzene rings is 4. The van der Waals surface area contributed by atoms with Crippen LogP contribution >= 0.6 is 23.4 Å². The number of hydrogen-bond acceptors (Lipinski definition) is 5. The molecule has 6 nitrogen and oxygen atoms in total. The van der Waals surface area contributed by atoms with Gasteiger partial charge in [0, 0.05) is 23.2 Å². The Labute approximate surface area is 229 Å². The van der Waals surface area contributed by atoms with Gasteiger partial charge in [-0.2, -0.15) is 0 Å². The van der Waals surface area contributed by atoms with E-state index in [4.69, 9.17) is 16.3 Å². The number of likely N-dealkylation sites (N-methyl/N-ethyl adjacent to an activating group) is 1. The van der Waals surface area contributed by atoms with Gasteiger partial charge in [-0.25, -0.2) is 9.79 Å². The molecule has 8 heteroatoms. The van der Waals surface area contributed by atoms with Crippen molar-refractivity contribution in [1.82, 2.24) is 4.90 Å². The van der Waals surface area contributed by atoms with Gasteiger partial charge in [-0.1, -0.05) is 66.2 Å². The Morgan fingerprint density at radius 1 is 1.05 bits per heavy atom. The van der Waals surface area contributed by atoms with E-state index in [0.29, 0.717) is 32.1 Å². The summed E-state index contributed by atoms with van der Waals surface area (Å²) >= 11 is 7.56. The number of halogens is 1. The number of thioether (sulfide) groups is 1. The van der Waals surface area contributed by atoms with Crippen LogP contribution in [0.3, 0.4) is 0 Å². The van der Waals surface area contributed by atoms with E-state index in [1.807, 2.05) is 66.7 Å². The Morgan fingerprint density at radius 3 is 2.61 bits per heavy atom. The highest BCUT2D eigenvalue weighted by Crippen LogP contribution is 2.38. The second kappa shape index (κ2) is 10.7. The second-order valence-corrected chi connectivity index (χ2v) is 10.1. The zero-order valence-electron chi connectivity index (χ0n) is 20.6. The van der Waals surface area contributed by atoms with Crippen LogP contribution < -0.4 is 4.74 Å². The van der Waals surface area contributed by atoms with Crippen LogP contribution in [-0.2, 0) is 11.4 Å². The lowest BCUT2D eigenvalue weighted by atomic mass is 10.0. The predicted molar refractivity (Wildman–Crippen MR) is 153 cm³/mol. The Balaban J connectivity index is 1.53. The molecule has 0 unspecified atom stereocenters. The first-order valence-electron chi connectivity index (χ1n) is 11.8. The number of amidine groups is 1. The first-order chi connectivity index (χ1) is 18.3. The van der Waals surface area contributed by atoms with E-state index in [9.17, 15) is 14.7 Å². The number of hydrogen-bond donors (Lipinski definition) is 1. The standard InChI is InChI=1S/C30H23ClN2O4S/c1-18-21(29(35)36)11-7-13-25(18)32-30-33(2)28(34)27(38-30)16-23-22-10-5-3-8-19(22)14-15-26(23)37-17-20-9-4-6-12-24(20)31/h3-16H,17H2,1-2H3,(H,35,36)/b27-16-,32-30?. The fourth-order valence-corrected chi connectivity index (χ4v) is 5.34. The number of carboxylic acid groups (broad SMARTS) is 1. The third-order valence-electron chi connectivity index (χ3n) is 6.30. The number of fused-ring (bicyclic) bond motifs is 1. The molecule has 190 valence electrons. The van der Waals surface area contributed by atoms with Gasteiger partial charge in [0.25, 0.3) is 5.91 Å². The third kappa shape index (κ3) is 5.03. The SMILES string of the molecule is Cc1c(N=C2S/C(=C\c3c(OCc4ccccc4Cl)ccc4ccccc34)C(=O)N2C)cccc1C(=O)O. The van der Waals surface area contributed by atoms with Gasteiger partial charge in [0.1, 0.15) is 12.4 Å². The fourth-order valence-electron chi connectivity index (χ4n) is 4.18. The van der Waals surface area contributed by atoms with Crippen molar-refractivity contribution in [3.8, 4) is 5.75 Å². The minimum Gasteiger partial charge on any atom is -0.488 e. The number of aromatic carboxylic acids is 1. The number of ether oxygens (including phenoxy) is 1. The van der Waals surface area contributed by atoms with Gasteiger partial charge in [0.15, 0.2) is 5.17 Å². The molecule has 0 atom stereocenters. The molecule has 1 amide bonds. The molecule has 0 saturated carbocycles. The molecule has 0 radical (unpaired) electrons. The van der Waals surface area contributed by atoms with Gasteiger partial charge in [0.2, 0.25) is 0 Å². The monoisotopic (exact) mass is 542 g/mol. The molecule has 38 heavy (non-hydrogen) atoms. The number of carbonyl (C=O) groups is 2. The van der Waals surface area contributed by atoms with Gasteiger partial charge in [-0.15, -0.1) is 0 Å².